The monoisotopic (exact) mass is 329 g/mol. The van der Waals surface area contributed by atoms with Crippen LogP contribution < -0.4 is 5.43 Å². The van der Waals surface area contributed by atoms with Crippen LogP contribution in [0, 0.1) is 20.2 Å². The average Bonchev–Trinajstić information content (AvgIpc) is 2.59. The fraction of sp³-hybridized carbons (Fsp3) is 0. The van der Waals surface area contributed by atoms with E-state index in [9.17, 15) is 20.2 Å². The summed E-state index contributed by atoms with van der Waals surface area (Å²) in [4.78, 5) is 20.3. The van der Waals surface area contributed by atoms with Crippen LogP contribution in [0.25, 0.3) is 0 Å². The highest BCUT2D eigenvalue weighted by Gasteiger charge is 2.19. The number of hydrazone groups is 1. The molecular formula is C14H11N5O5. The van der Waals surface area contributed by atoms with Gasteiger partial charge in [0, 0.05) is 11.6 Å². The summed E-state index contributed by atoms with van der Waals surface area (Å²) in [7, 11) is 0. The van der Waals surface area contributed by atoms with Crippen LogP contribution in [0.3, 0.4) is 0 Å². The van der Waals surface area contributed by atoms with E-state index in [1.807, 2.05) is 0 Å². The molecule has 2 aromatic carbocycles. The Hall–Kier alpha value is -3.82. The van der Waals surface area contributed by atoms with E-state index in [1.165, 1.54) is 6.07 Å². The van der Waals surface area contributed by atoms with Crippen molar-refractivity contribution in [2.24, 2.45) is 10.3 Å². The normalized spacial score (nSPS) is 11.4. The van der Waals surface area contributed by atoms with Gasteiger partial charge in [0.05, 0.1) is 22.1 Å². The van der Waals surface area contributed by atoms with Crippen molar-refractivity contribution in [2.75, 3.05) is 5.43 Å². The lowest BCUT2D eigenvalue weighted by molar-refractivity contribution is -0.393. The van der Waals surface area contributed by atoms with Crippen molar-refractivity contribution < 1.29 is 15.1 Å². The minimum atomic E-state index is -0.757. The quantitative estimate of drug-likeness (QED) is 0.361. The second-order valence-electron chi connectivity index (χ2n) is 4.44. The third kappa shape index (κ3) is 3.88. The maximum atomic E-state index is 11.1. The van der Waals surface area contributed by atoms with E-state index in [0.29, 0.717) is 5.56 Å². The van der Waals surface area contributed by atoms with Gasteiger partial charge in [0.25, 0.3) is 5.69 Å². The van der Waals surface area contributed by atoms with Gasteiger partial charge in [0.2, 0.25) is 0 Å². The Kier molecular flexibility index (Phi) is 5.13. The minimum absolute atomic E-state index is 0.0367. The highest BCUT2D eigenvalue weighted by molar-refractivity contribution is 6.38. The van der Waals surface area contributed by atoms with Crippen molar-refractivity contribution in [2.45, 2.75) is 0 Å². The molecule has 0 heterocycles. The second-order valence-corrected chi connectivity index (χ2v) is 4.44. The summed E-state index contributed by atoms with van der Waals surface area (Å²) < 4.78 is 0. The van der Waals surface area contributed by atoms with Crippen molar-refractivity contribution >= 4 is 29.0 Å². The molecule has 0 saturated carbocycles. The standard InChI is InChI=1S/C14H11N5O5/c20-15-9-13(10-4-2-1-3-5-10)17-16-12-7-6-11(18(21)22)8-14(12)19(23)24/h1-9,16,20H/b15-9+,17-13+. The highest BCUT2D eigenvalue weighted by atomic mass is 16.6. The SMILES string of the molecule is O=[N+]([O-])c1ccc(N/N=C(\C=N\O)c2ccccc2)c([N+](=O)[O-])c1. The molecule has 0 aliphatic carbocycles. The minimum Gasteiger partial charge on any atom is -0.411 e. The predicted octanol–water partition coefficient (Wildman–Crippen LogP) is 2.78. The van der Waals surface area contributed by atoms with E-state index in [2.05, 4.69) is 15.7 Å². The molecular weight excluding hydrogens is 318 g/mol. The van der Waals surface area contributed by atoms with Gasteiger partial charge < -0.3 is 5.21 Å². The van der Waals surface area contributed by atoms with E-state index < -0.39 is 21.2 Å². The maximum absolute atomic E-state index is 11.1. The Morgan fingerprint density at radius 2 is 1.79 bits per heavy atom. The van der Waals surface area contributed by atoms with Crippen LogP contribution in [0.5, 0.6) is 0 Å². The number of benzene rings is 2. The molecule has 0 spiro atoms. The van der Waals surface area contributed by atoms with Crippen LogP contribution in [0.1, 0.15) is 5.56 Å². The predicted molar refractivity (Wildman–Crippen MR) is 86.6 cm³/mol. The van der Waals surface area contributed by atoms with Crippen LogP contribution in [-0.4, -0.2) is 27.0 Å². The first-order valence-electron chi connectivity index (χ1n) is 6.52. The second kappa shape index (κ2) is 7.45. The Morgan fingerprint density at radius 3 is 2.38 bits per heavy atom. The first-order chi connectivity index (χ1) is 11.5. The molecule has 0 amide bonds. The van der Waals surface area contributed by atoms with Gasteiger partial charge in [-0.25, -0.2) is 0 Å². The number of non-ortho nitro benzene ring substituents is 1. The van der Waals surface area contributed by atoms with Gasteiger partial charge in [-0.3, -0.25) is 25.7 Å². The molecule has 10 heteroatoms. The van der Waals surface area contributed by atoms with Crippen molar-refractivity contribution in [3.8, 4) is 0 Å². The molecule has 10 nitrogen and oxygen atoms in total. The van der Waals surface area contributed by atoms with Gasteiger partial charge in [-0.1, -0.05) is 35.5 Å². The van der Waals surface area contributed by atoms with Crippen molar-refractivity contribution in [1.82, 2.24) is 0 Å². The van der Waals surface area contributed by atoms with Crippen LogP contribution >= 0.6 is 0 Å². The summed E-state index contributed by atoms with van der Waals surface area (Å²) in [5.41, 5.74) is 2.34. The molecule has 0 fully saturated rings. The largest absolute Gasteiger partial charge is 0.411 e. The molecule has 2 rings (SSSR count). The van der Waals surface area contributed by atoms with Crippen LogP contribution in [0.4, 0.5) is 17.1 Å². The van der Waals surface area contributed by atoms with Gasteiger partial charge in [0.1, 0.15) is 11.4 Å². The molecule has 2 aromatic rings. The third-order valence-electron chi connectivity index (χ3n) is 2.94. The lowest BCUT2D eigenvalue weighted by atomic mass is 10.1. The van der Waals surface area contributed by atoms with E-state index >= 15 is 0 Å². The topological polar surface area (TPSA) is 143 Å². The molecule has 0 saturated heterocycles. The molecule has 2 N–H and O–H groups in total. The van der Waals surface area contributed by atoms with Crippen molar-refractivity contribution in [3.63, 3.8) is 0 Å². The number of anilines is 1. The molecule has 24 heavy (non-hydrogen) atoms. The smallest absolute Gasteiger partial charge is 0.301 e. The van der Waals surface area contributed by atoms with Crippen molar-refractivity contribution in [1.29, 1.82) is 0 Å². The summed E-state index contributed by atoms with van der Waals surface area (Å²) in [6.07, 6.45) is 1.06. The zero-order valence-electron chi connectivity index (χ0n) is 12.1. The van der Waals surface area contributed by atoms with Gasteiger partial charge >= 0.3 is 5.69 Å². The van der Waals surface area contributed by atoms with Gasteiger partial charge in [0.15, 0.2) is 0 Å². The Morgan fingerprint density at radius 1 is 1.08 bits per heavy atom. The van der Waals surface area contributed by atoms with Gasteiger partial charge in [-0.05, 0) is 6.07 Å². The first kappa shape index (κ1) is 16.5. The summed E-state index contributed by atoms with van der Waals surface area (Å²) >= 11 is 0. The Balaban J connectivity index is 2.38. The van der Waals surface area contributed by atoms with Crippen LogP contribution in [0.15, 0.2) is 58.8 Å². The summed E-state index contributed by atoms with van der Waals surface area (Å²) in [5, 5.41) is 37.3. The number of nitro groups is 2. The molecule has 0 aromatic heterocycles. The molecule has 0 aliphatic rings. The first-order valence-corrected chi connectivity index (χ1v) is 6.52. The lowest BCUT2D eigenvalue weighted by Crippen LogP contribution is -2.07. The average molecular weight is 329 g/mol. The zero-order chi connectivity index (χ0) is 17.5. The van der Waals surface area contributed by atoms with E-state index in [-0.39, 0.29) is 11.4 Å². The van der Waals surface area contributed by atoms with E-state index in [4.69, 9.17) is 5.21 Å². The maximum Gasteiger partial charge on any atom is 0.301 e. The molecule has 0 bridgehead atoms. The van der Waals surface area contributed by atoms with Crippen LogP contribution in [0.2, 0.25) is 0 Å². The molecule has 0 unspecified atom stereocenters. The number of nitrogens with one attached hydrogen (secondary N) is 1. The Bertz CT molecular complexity index is 820. The fourth-order valence-corrected chi connectivity index (χ4v) is 1.83. The summed E-state index contributed by atoms with van der Waals surface area (Å²) in [6.45, 7) is 0. The van der Waals surface area contributed by atoms with Crippen LogP contribution in [-0.2, 0) is 0 Å². The molecule has 0 aliphatic heterocycles. The number of hydrogen-bond acceptors (Lipinski definition) is 8. The number of hydrogen-bond donors (Lipinski definition) is 2. The summed E-state index contributed by atoms with van der Waals surface area (Å²) in [6, 6.07) is 11.8. The van der Waals surface area contributed by atoms with Crippen molar-refractivity contribution in [3.05, 3.63) is 74.3 Å². The van der Waals surface area contributed by atoms with E-state index in [1.54, 1.807) is 30.3 Å². The third-order valence-corrected chi connectivity index (χ3v) is 2.94. The number of nitro benzene ring substituents is 2. The number of nitrogens with zero attached hydrogens (tertiary/aromatic N) is 4. The van der Waals surface area contributed by atoms with Gasteiger partial charge in [-0.15, -0.1) is 0 Å². The number of rotatable bonds is 6. The fourth-order valence-electron chi connectivity index (χ4n) is 1.83. The molecule has 0 atom stereocenters. The number of oxime groups is 1. The highest BCUT2D eigenvalue weighted by Crippen LogP contribution is 2.28. The Labute approximate surface area is 135 Å². The molecule has 122 valence electrons. The lowest BCUT2D eigenvalue weighted by Gasteiger charge is -2.04. The van der Waals surface area contributed by atoms with E-state index in [0.717, 1.165) is 18.3 Å². The molecule has 0 radical (unpaired) electrons. The van der Waals surface area contributed by atoms with Gasteiger partial charge in [-0.2, -0.15) is 5.10 Å². The summed E-state index contributed by atoms with van der Waals surface area (Å²) in [5.74, 6) is 0. The zero-order valence-corrected chi connectivity index (χ0v) is 12.1.